The molecule has 5 heteroatoms. The lowest BCUT2D eigenvalue weighted by Gasteiger charge is -2.28. The summed E-state index contributed by atoms with van der Waals surface area (Å²) in [5, 5.41) is 10.4. The molecule has 0 radical (unpaired) electrons. The number of Topliss-reactive ketones (excluding diaryl/α,β-unsaturated/α-hetero) is 1. The summed E-state index contributed by atoms with van der Waals surface area (Å²) >= 11 is 0. The fourth-order valence-corrected chi connectivity index (χ4v) is 3.38. The zero-order valence-electron chi connectivity index (χ0n) is 16.6. The molecule has 1 aliphatic rings. The molecule has 1 N–H and O–H groups in total. The van der Waals surface area contributed by atoms with E-state index >= 15 is 0 Å². The van der Waals surface area contributed by atoms with Crippen LogP contribution in [0, 0.1) is 17.3 Å². The first kappa shape index (κ1) is 22.6. The number of unbranched alkanes of at least 4 members (excludes halogenated alkanes) is 2. The van der Waals surface area contributed by atoms with E-state index in [-0.39, 0.29) is 23.2 Å². The van der Waals surface area contributed by atoms with E-state index in [9.17, 15) is 14.7 Å². The van der Waals surface area contributed by atoms with Gasteiger partial charge in [0.05, 0.1) is 19.8 Å². The van der Waals surface area contributed by atoms with E-state index in [0.29, 0.717) is 18.8 Å². The summed E-state index contributed by atoms with van der Waals surface area (Å²) in [5.74, 6) is 0.251. The van der Waals surface area contributed by atoms with Gasteiger partial charge in [-0.1, -0.05) is 38.5 Å². The van der Waals surface area contributed by atoms with Crippen LogP contribution in [-0.2, 0) is 19.1 Å². The zero-order chi connectivity index (χ0) is 19.6. The molecule has 5 nitrogen and oxygen atoms in total. The van der Waals surface area contributed by atoms with E-state index in [2.05, 4.69) is 4.74 Å². The van der Waals surface area contributed by atoms with Crippen LogP contribution in [0.2, 0.25) is 0 Å². The highest BCUT2D eigenvalue weighted by atomic mass is 16.5. The summed E-state index contributed by atoms with van der Waals surface area (Å²) in [5.41, 5.74) is -0.352. The molecule has 1 unspecified atom stereocenters. The van der Waals surface area contributed by atoms with Crippen LogP contribution >= 0.6 is 0 Å². The summed E-state index contributed by atoms with van der Waals surface area (Å²) in [7, 11) is 2.99. The Balaban J connectivity index is 2.46. The maximum Gasteiger partial charge on any atom is 0.330 e. The molecule has 0 bridgehead atoms. The Hall–Kier alpha value is -1.46. The number of aliphatic hydroxyl groups is 1. The van der Waals surface area contributed by atoms with E-state index in [1.165, 1.54) is 13.2 Å². The van der Waals surface area contributed by atoms with Gasteiger partial charge in [-0.3, -0.25) is 4.79 Å². The number of methoxy groups -OCH3 is 2. The number of carbonyl (C=O) groups excluding carboxylic acids is 2. The van der Waals surface area contributed by atoms with Gasteiger partial charge in [0.1, 0.15) is 5.78 Å². The predicted octanol–water partition coefficient (Wildman–Crippen LogP) is 3.46. The highest BCUT2D eigenvalue weighted by Crippen LogP contribution is 2.34. The maximum atomic E-state index is 12.2. The molecule has 1 saturated carbocycles. The van der Waals surface area contributed by atoms with Gasteiger partial charge in [-0.15, -0.1) is 0 Å². The lowest BCUT2D eigenvalue weighted by atomic mass is 9.85. The van der Waals surface area contributed by atoms with Gasteiger partial charge in [-0.2, -0.15) is 0 Å². The minimum absolute atomic E-state index is 0.0496. The second-order valence-electron chi connectivity index (χ2n) is 7.74. The predicted molar refractivity (Wildman–Crippen MR) is 102 cm³/mol. The van der Waals surface area contributed by atoms with Crippen molar-refractivity contribution in [2.75, 3.05) is 20.8 Å². The van der Waals surface area contributed by atoms with Crippen molar-refractivity contribution in [2.45, 2.75) is 58.5 Å². The number of esters is 1. The molecule has 0 aromatic heterocycles. The van der Waals surface area contributed by atoms with Crippen LogP contribution in [0.4, 0.5) is 0 Å². The maximum absolute atomic E-state index is 12.2. The van der Waals surface area contributed by atoms with Gasteiger partial charge in [-0.25, -0.2) is 4.79 Å². The summed E-state index contributed by atoms with van der Waals surface area (Å²) in [4.78, 5) is 23.2. The van der Waals surface area contributed by atoms with Crippen molar-refractivity contribution in [3.63, 3.8) is 0 Å². The Labute approximate surface area is 157 Å². The number of hydrogen-bond donors (Lipinski definition) is 1. The van der Waals surface area contributed by atoms with E-state index in [1.807, 2.05) is 32.1 Å². The lowest BCUT2D eigenvalue weighted by Crippen LogP contribution is -2.32. The third-order valence-electron chi connectivity index (χ3n) is 5.10. The third-order valence-corrected chi connectivity index (χ3v) is 5.10. The molecular formula is C21H34O5. The van der Waals surface area contributed by atoms with Gasteiger partial charge in [0.2, 0.25) is 0 Å². The molecule has 0 aromatic carbocycles. The minimum Gasteiger partial charge on any atom is -0.466 e. The Morgan fingerprint density at radius 1 is 1.35 bits per heavy atom. The Kier molecular flexibility index (Phi) is 9.81. The first-order valence-electron chi connectivity index (χ1n) is 9.44. The average molecular weight is 366 g/mol. The number of carbonyl (C=O) groups is 2. The molecule has 0 saturated heterocycles. The van der Waals surface area contributed by atoms with E-state index in [1.54, 1.807) is 7.11 Å². The summed E-state index contributed by atoms with van der Waals surface area (Å²) in [6.07, 6.45) is 11.5. The van der Waals surface area contributed by atoms with Crippen LogP contribution in [0.3, 0.4) is 0 Å². The van der Waals surface area contributed by atoms with E-state index in [4.69, 9.17) is 4.74 Å². The molecule has 148 valence electrons. The number of aliphatic hydroxyl groups excluding tert-OH is 1. The molecular weight excluding hydrogens is 332 g/mol. The van der Waals surface area contributed by atoms with E-state index < -0.39 is 6.10 Å². The molecule has 0 heterocycles. The SMILES string of the molecule is COCC(C)(C)C(O)/C=C/[C@H]1CCC(=O)[C@@H]1CCCC/C=C/C(=O)OC. The molecule has 1 fully saturated rings. The van der Waals surface area contributed by atoms with Gasteiger partial charge < -0.3 is 14.6 Å². The van der Waals surface area contributed by atoms with Crippen LogP contribution in [0.1, 0.15) is 52.4 Å². The molecule has 1 aliphatic carbocycles. The van der Waals surface area contributed by atoms with Gasteiger partial charge >= 0.3 is 5.97 Å². The standard InChI is InChI=1S/C21H34O5/c1-21(2,15-25-3)19(23)14-12-16-11-13-18(22)17(16)9-7-5-6-8-10-20(24)26-4/h8,10,12,14,16-17,19,23H,5-7,9,11,13,15H2,1-4H3/b10-8+,14-12+/t16-,17-,19?/m1/s1. The molecule has 3 atom stereocenters. The Bertz CT molecular complexity index is 507. The van der Waals surface area contributed by atoms with Gasteiger partial charge in [0.25, 0.3) is 0 Å². The van der Waals surface area contributed by atoms with Crippen molar-refractivity contribution < 1.29 is 24.2 Å². The van der Waals surface area contributed by atoms with Gasteiger partial charge in [0.15, 0.2) is 0 Å². The topological polar surface area (TPSA) is 72.8 Å². The largest absolute Gasteiger partial charge is 0.466 e. The van der Waals surface area contributed by atoms with Crippen LogP contribution in [0.5, 0.6) is 0 Å². The monoisotopic (exact) mass is 366 g/mol. The summed E-state index contributed by atoms with van der Waals surface area (Å²) < 4.78 is 9.71. The smallest absolute Gasteiger partial charge is 0.330 e. The normalized spacial score (nSPS) is 22.4. The Morgan fingerprint density at radius 2 is 2.08 bits per heavy atom. The molecule has 0 spiro atoms. The van der Waals surface area contributed by atoms with Crippen LogP contribution < -0.4 is 0 Å². The highest BCUT2D eigenvalue weighted by molar-refractivity contribution is 5.83. The van der Waals surface area contributed by atoms with Crippen molar-refractivity contribution in [1.82, 2.24) is 0 Å². The van der Waals surface area contributed by atoms with Gasteiger partial charge in [0, 0.05) is 30.9 Å². The fraction of sp³-hybridized carbons (Fsp3) is 0.714. The van der Waals surface area contributed by atoms with Crippen molar-refractivity contribution in [1.29, 1.82) is 0 Å². The minimum atomic E-state index is -0.595. The second-order valence-corrected chi connectivity index (χ2v) is 7.74. The van der Waals surface area contributed by atoms with Crippen molar-refractivity contribution in [2.24, 2.45) is 17.3 Å². The van der Waals surface area contributed by atoms with Crippen molar-refractivity contribution in [3.05, 3.63) is 24.3 Å². The van der Waals surface area contributed by atoms with Crippen molar-refractivity contribution in [3.8, 4) is 0 Å². The summed E-state index contributed by atoms with van der Waals surface area (Å²) in [6, 6.07) is 0. The summed E-state index contributed by atoms with van der Waals surface area (Å²) in [6.45, 7) is 4.40. The molecule has 0 aromatic rings. The van der Waals surface area contributed by atoms with Crippen molar-refractivity contribution >= 4 is 11.8 Å². The number of ether oxygens (including phenoxy) is 2. The number of rotatable bonds is 11. The van der Waals surface area contributed by atoms with E-state index in [0.717, 1.165) is 32.1 Å². The highest BCUT2D eigenvalue weighted by Gasteiger charge is 2.33. The average Bonchev–Trinajstić information content (AvgIpc) is 2.95. The van der Waals surface area contributed by atoms with Crippen LogP contribution in [0.25, 0.3) is 0 Å². The van der Waals surface area contributed by atoms with Crippen LogP contribution in [0.15, 0.2) is 24.3 Å². The zero-order valence-corrected chi connectivity index (χ0v) is 16.6. The Morgan fingerprint density at radius 3 is 2.73 bits per heavy atom. The second kappa shape index (κ2) is 11.3. The number of allylic oxidation sites excluding steroid dienone is 2. The lowest BCUT2D eigenvalue weighted by molar-refractivity contribution is -0.134. The first-order valence-corrected chi connectivity index (χ1v) is 9.44. The first-order chi connectivity index (χ1) is 12.3. The molecule has 0 amide bonds. The molecule has 1 rings (SSSR count). The molecule has 0 aliphatic heterocycles. The van der Waals surface area contributed by atoms with Gasteiger partial charge in [-0.05, 0) is 31.6 Å². The number of ketones is 1. The third kappa shape index (κ3) is 7.42. The quantitative estimate of drug-likeness (QED) is 0.262. The molecule has 26 heavy (non-hydrogen) atoms. The number of hydrogen-bond acceptors (Lipinski definition) is 5. The fourth-order valence-electron chi connectivity index (χ4n) is 3.38. The van der Waals surface area contributed by atoms with Crippen LogP contribution in [-0.4, -0.2) is 43.8 Å².